The molecule has 2 N–H and O–H groups in total. The minimum absolute atomic E-state index is 0.0404. The fourth-order valence-corrected chi connectivity index (χ4v) is 4.88. The second-order valence-electron chi connectivity index (χ2n) is 8.10. The van der Waals surface area contributed by atoms with Crippen molar-refractivity contribution >= 4 is 40.7 Å². The normalized spacial score (nSPS) is 16.8. The van der Waals surface area contributed by atoms with E-state index < -0.39 is 12.0 Å². The third-order valence-corrected chi connectivity index (χ3v) is 6.70. The molecule has 0 spiro atoms. The van der Waals surface area contributed by atoms with E-state index in [1.807, 2.05) is 24.4 Å². The van der Waals surface area contributed by atoms with Gasteiger partial charge in [-0.3, -0.25) is 19.9 Å². The van der Waals surface area contributed by atoms with Gasteiger partial charge in [0.05, 0.1) is 12.2 Å². The first-order chi connectivity index (χ1) is 15.5. The first-order valence-electron chi connectivity index (χ1n) is 10.7. The van der Waals surface area contributed by atoms with Crippen LogP contribution in [0.4, 0.5) is 0 Å². The van der Waals surface area contributed by atoms with Gasteiger partial charge < -0.3 is 10.0 Å². The number of likely N-dealkylation sites (tertiary alicyclic amines) is 1. The summed E-state index contributed by atoms with van der Waals surface area (Å²) in [5.74, 6) is -1.26. The van der Waals surface area contributed by atoms with Gasteiger partial charge in [0.1, 0.15) is 6.04 Å². The molecule has 1 unspecified atom stereocenters. The van der Waals surface area contributed by atoms with E-state index in [4.69, 9.17) is 33.3 Å². The van der Waals surface area contributed by atoms with Crippen molar-refractivity contribution in [3.8, 4) is 0 Å². The number of carboxylic acid groups (broad SMARTS) is 1. The van der Waals surface area contributed by atoms with Gasteiger partial charge in [0.15, 0.2) is 0 Å². The maximum atomic E-state index is 12.6. The summed E-state index contributed by atoms with van der Waals surface area (Å²) in [5, 5.41) is 12.5. The van der Waals surface area contributed by atoms with E-state index in [0.29, 0.717) is 13.1 Å². The molecule has 2 aliphatic rings. The molecule has 1 saturated heterocycles. The van der Waals surface area contributed by atoms with Gasteiger partial charge in [-0.25, -0.2) is 0 Å². The minimum atomic E-state index is -1.06. The Labute approximate surface area is 197 Å². The molecule has 1 amide bonds. The summed E-state index contributed by atoms with van der Waals surface area (Å²) < 4.78 is 0. The first kappa shape index (κ1) is 22.8. The maximum absolute atomic E-state index is 12.6. The molecular formula is C24H25Cl2N3O3. The van der Waals surface area contributed by atoms with Crippen LogP contribution in [-0.4, -0.2) is 58.4 Å². The molecule has 1 aliphatic heterocycles. The highest BCUT2D eigenvalue weighted by atomic mass is 35.5. The van der Waals surface area contributed by atoms with Gasteiger partial charge in [-0.05, 0) is 60.6 Å². The second-order valence-corrected chi connectivity index (χ2v) is 8.84. The van der Waals surface area contributed by atoms with Crippen molar-refractivity contribution in [2.45, 2.75) is 31.7 Å². The number of aromatic nitrogens is 1. The average molecular weight is 474 g/mol. The Morgan fingerprint density at radius 2 is 1.88 bits per heavy atom. The van der Waals surface area contributed by atoms with Crippen molar-refractivity contribution in [2.24, 2.45) is 0 Å². The van der Waals surface area contributed by atoms with E-state index in [9.17, 15) is 9.59 Å². The van der Waals surface area contributed by atoms with Crippen molar-refractivity contribution in [1.82, 2.24) is 15.2 Å². The first-order valence-corrected chi connectivity index (χ1v) is 11.6. The van der Waals surface area contributed by atoms with E-state index in [1.165, 1.54) is 27.8 Å². The van der Waals surface area contributed by atoms with E-state index in [0.717, 1.165) is 36.4 Å². The van der Waals surface area contributed by atoms with Crippen LogP contribution in [-0.2, 0) is 22.4 Å². The molecule has 4 rings (SSSR count). The number of alkyl halides is 1. The van der Waals surface area contributed by atoms with Crippen LogP contribution in [0, 0.1) is 0 Å². The zero-order valence-corrected chi connectivity index (χ0v) is 19.1. The molecule has 0 radical (unpaired) electrons. The van der Waals surface area contributed by atoms with E-state index in [-0.39, 0.29) is 18.3 Å². The Hall–Kier alpha value is -2.41. The van der Waals surface area contributed by atoms with Crippen molar-refractivity contribution in [2.75, 3.05) is 25.5 Å². The number of hydrogen-bond donors (Lipinski definition) is 2. The standard InChI is InChI=1S/C24H25Cl2N3O3/c25-13-20(24(31)32)28-14-21(30)29-10-7-15(8-11-29)22-19-6-5-18(26)12-17(19)4-3-16-2-1-9-27-23(16)22/h1-2,5-6,9,12,20,28H,3-4,7-8,10-11,13-14H2,(H,31,32). The van der Waals surface area contributed by atoms with Crippen molar-refractivity contribution in [1.29, 1.82) is 0 Å². The van der Waals surface area contributed by atoms with Crippen LogP contribution in [0.1, 0.15) is 35.2 Å². The molecule has 1 aromatic carbocycles. The van der Waals surface area contributed by atoms with Gasteiger partial charge >= 0.3 is 5.97 Å². The Morgan fingerprint density at radius 1 is 1.12 bits per heavy atom. The molecule has 2 aromatic rings. The maximum Gasteiger partial charge on any atom is 0.321 e. The number of aryl methyl sites for hydroxylation is 2. The molecular weight excluding hydrogens is 449 g/mol. The zero-order valence-electron chi connectivity index (χ0n) is 17.6. The number of carbonyl (C=O) groups is 2. The number of piperidine rings is 1. The van der Waals surface area contributed by atoms with E-state index in [2.05, 4.69) is 17.4 Å². The topological polar surface area (TPSA) is 82.5 Å². The highest BCUT2D eigenvalue weighted by molar-refractivity contribution is 6.30. The summed E-state index contributed by atoms with van der Waals surface area (Å²) in [7, 11) is 0. The highest BCUT2D eigenvalue weighted by Crippen LogP contribution is 2.38. The predicted molar refractivity (Wildman–Crippen MR) is 125 cm³/mol. The average Bonchev–Trinajstić information content (AvgIpc) is 2.96. The largest absolute Gasteiger partial charge is 0.480 e. The number of nitrogens with one attached hydrogen (secondary N) is 1. The van der Waals surface area contributed by atoms with Gasteiger partial charge in [-0.1, -0.05) is 29.3 Å². The Kier molecular flexibility index (Phi) is 7.13. The van der Waals surface area contributed by atoms with Gasteiger partial charge in [-0.15, -0.1) is 11.6 Å². The summed E-state index contributed by atoms with van der Waals surface area (Å²) in [6.07, 6.45) is 5.15. The quantitative estimate of drug-likeness (QED) is 0.648. The lowest BCUT2D eigenvalue weighted by Crippen LogP contribution is -2.47. The number of amides is 1. The third-order valence-electron chi connectivity index (χ3n) is 6.15. The minimum Gasteiger partial charge on any atom is -0.480 e. The number of halogens is 2. The second kappa shape index (κ2) is 10.0. The molecule has 1 aliphatic carbocycles. The van der Waals surface area contributed by atoms with Gasteiger partial charge in [0, 0.05) is 35.8 Å². The van der Waals surface area contributed by atoms with Crippen molar-refractivity contribution < 1.29 is 14.7 Å². The fraction of sp³-hybridized carbons (Fsp3) is 0.375. The molecule has 8 heteroatoms. The van der Waals surface area contributed by atoms with Gasteiger partial charge in [0.25, 0.3) is 0 Å². The van der Waals surface area contributed by atoms with Crippen LogP contribution >= 0.6 is 23.2 Å². The lowest BCUT2D eigenvalue weighted by Gasteiger charge is -2.31. The molecule has 1 fully saturated rings. The van der Waals surface area contributed by atoms with E-state index >= 15 is 0 Å². The molecule has 1 aromatic heterocycles. The van der Waals surface area contributed by atoms with Gasteiger partial charge in [0.2, 0.25) is 5.91 Å². The molecule has 168 valence electrons. The van der Waals surface area contributed by atoms with Crippen molar-refractivity contribution in [3.63, 3.8) is 0 Å². The molecule has 32 heavy (non-hydrogen) atoms. The van der Waals surface area contributed by atoms with Crippen LogP contribution < -0.4 is 5.32 Å². The number of benzene rings is 1. The summed E-state index contributed by atoms with van der Waals surface area (Å²) >= 11 is 11.9. The Balaban J connectivity index is 1.56. The zero-order chi connectivity index (χ0) is 22.7. The molecule has 1 atom stereocenters. The third kappa shape index (κ3) is 4.82. The number of carbonyl (C=O) groups excluding carboxylic acids is 1. The molecule has 0 bridgehead atoms. The number of carboxylic acids is 1. The summed E-state index contributed by atoms with van der Waals surface area (Å²) in [6, 6.07) is 9.24. The number of fused-ring (bicyclic) bond motifs is 2. The van der Waals surface area contributed by atoms with Crippen LogP contribution in [0.15, 0.2) is 42.1 Å². The molecule has 2 heterocycles. The summed E-state index contributed by atoms with van der Waals surface area (Å²) in [5.41, 5.74) is 7.11. The Bertz CT molecular complexity index is 1060. The number of rotatable bonds is 5. The highest BCUT2D eigenvalue weighted by Gasteiger charge is 2.27. The van der Waals surface area contributed by atoms with Crippen LogP contribution in [0.5, 0.6) is 0 Å². The summed E-state index contributed by atoms with van der Waals surface area (Å²) in [6.45, 7) is 1.13. The fourth-order valence-electron chi connectivity index (χ4n) is 4.44. The lowest BCUT2D eigenvalue weighted by molar-refractivity contribution is -0.139. The number of hydrogen-bond acceptors (Lipinski definition) is 4. The van der Waals surface area contributed by atoms with Crippen LogP contribution in [0.25, 0.3) is 5.57 Å². The summed E-state index contributed by atoms with van der Waals surface area (Å²) in [4.78, 5) is 30.2. The predicted octanol–water partition coefficient (Wildman–Crippen LogP) is 3.54. The Morgan fingerprint density at radius 3 is 2.59 bits per heavy atom. The number of pyridine rings is 1. The van der Waals surface area contributed by atoms with Crippen LogP contribution in [0.2, 0.25) is 5.02 Å². The number of nitrogens with zero attached hydrogens (tertiary/aromatic N) is 2. The molecule has 0 saturated carbocycles. The van der Waals surface area contributed by atoms with Crippen molar-refractivity contribution in [3.05, 3.63) is 69.5 Å². The molecule has 6 nitrogen and oxygen atoms in total. The van der Waals surface area contributed by atoms with Gasteiger partial charge in [-0.2, -0.15) is 0 Å². The smallest absolute Gasteiger partial charge is 0.321 e. The van der Waals surface area contributed by atoms with E-state index in [1.54, 1.807) is 4.90 Å². The monoisotopic (exact) mass is 473 g/mol. The lowest BCUT2D eigenvalue weighted by atomic mass is 9.88. The van der Waals surface area contributed by atoms with Crippen LogP contribution in [0.3, 0.4) is 0 Å². The SMILES string of the molecule is O=C(O)C(CCl)NCC(=O)N1CCC(=C2c3ccc(Cl)cc3CCc3cccnc32)CC1. The number of aliphatic carboxylic acids is 1.